The highest BCUT2D eigenvalue weighted by molar-refractivity contribution is 9.10. The first-order valence-corrected chi connectivity index (χ1v) is 9.18. The highest BCUT2D eigenvalue weighted by Gasteiger charge is 2.27. The number of aromatic nitrogens is 2. The smallest absolute Gasteiger partial charge is 0.275 e. The zero-order valence-corrected chi connectivity index (χ0v) is 16.1. The van der Waals surface area contributed by atoms with Gasteiger partial charge in [-0.05, 0) is 40.0 Å². The van der Waals surface area contributed by atoms with E-state index >= 15 is 0 Å². The highest BCUT2D eigenvalue weighted by atomic mass is 79.9. The molecule has 24 heavy (non-hydrogen) atoms. The van der Waals surface area contributed by atoms with Crippen molar-refractivity contribution >= 4 is 39.1 Å². The standard InChI is InChI=1S/C17H20BrClN4O/c1-11(2)15-14(18)16(21-20-15)17(24)23-8-6-22(7-9-23)13-5-3-4-12(19)10-13/h3-5,10-11H,6-9H2,1-2H3,(H,20,21). The maximum absolute atomic E-state index is 12.7. The fraction of sp³-hybridized carbons (Fsp3) is 0.412. The average Bonchev–Trinajstić information content (AvgIpc) is 2.96. The molecule has 5 nitrogen and oxygen atoms in total. The quantitative estimate of drug-likeness (QED) is 0.833. The summed E-state index contributed by atoms with van der Waals surface area (Å²) in [6.07, 6.45) is 0. The van der Waals surface area contributed by atoms with E-state index in [0.717, 1.165) is 34.0 Å². The van der Waals surface area contributed by atoms with Crippen molar-refractivity contribution in [2.24, 2.45) is 0 Å². The van der Waals surface area contributed by atoms with Gasteiger partial charge in [0.05, 0.1) is 10.2 Å². The molecule has 0 bridgehead atoms. The molecule has 0 radical (unpaired) electrons. The van der Waals surface area contributed by atoms with Gasteiger partial charge in [0.25, 0.3) is 5.91 Å². The molecule has 0 spiro atoms. The summed E-state index contributed by atoms with van der Waals surface area (Å²) in [6, 6.07) is 7.82. The second kappa shape index (κ2) is 7.15. The van der Waals surface area contributed by atoms with Crippen molar-refractivity contribution in [3.05, 3.63) is 45.1 Å². The molecule has 0 unspecified atom stereocenters. The van der Waals surface area contributed by atoms with Gasteiger partial charge in [-0.2, -0.15) is 5.10 Å². The van der Waals surface area contributed by atoms with Gasteiger partial charge in [-0.1, -0.05) is 31.5 Å². The number of benzene rings is 1. The van der Waals surface area contributed by atoms with Crippen LogP contribution in [0.3, 0.4) is 0 Å². The van der Waals surface area contributed by atoms with Crippen LogP contribution in [0.15, 0.2) is 28.7 Å². The van der Waals surface area contributed by atoms with Crippen LogP contribution in [-0.4, -0.2) is 47.2 Å². The van der Waals surface area contributed by atoms with Gasteiger partial charge in [0.1, 0.15) is 0 Å². The molecule has 1 amide bonds. The van der Waals surface area contributed by atoms with E-state index in [1.807, 2.05) is 29.2 Å². The Hall–Kier alpha value is -1.53. The third kappa shape index (κ3) is 3.44. The Morgan fingerprint density at radius 1 is 1.29 bits per heavy atom. The number of carbonyl (C=O) groups excluding carboxylic acids is 1. The monoisotopic (exact) mass is 410 g/mol. The molecule has 2 aromatic rings. The van der Waals surface area contributed by atoms with Crippen LogP contribution in [0.25, 0.3) is 0 Å². The lowest BCUT2D eigenvalue weighted by atomic mass is 10.1. The topological polar surface area (TPSA) is 52.2 Å². The molecule has 1 aliphatic rings. The van der Waals surface area contributed by atoms with Crippen molar-refractivity contribution in [3.8, 4) is 0 Å². The Bertz CT molecular complexity index is 738. The molecule has 1 N–H and O–H groups in total. The van der Waals surface area contributed by atoms with Crippen LogP contribution < -0.4 is 4.90 Å². The molecule has 1 fully saturated rings. The molecule has 0 aliphatic carbocycles. The molecular formula is C17H20BrClN4O. The summed E-state index contributed by atoms with van der Waals surface area (Å²) < 4.78 is 0.778. The highest BCUT2D eigenvalue weighted by Crippen LogP contribution is 2.27. The molecule has 1 aromatic heterocycles. The minimum atomic E-state index is -0.0317. The summed E-state index contributed by atoms with van der Waals surface area (Å²) in [5.41, 5.74) is 2.52. The summed E-state index contributed by atoms with van der Waals surface area (Å²) in [7, 11) is 0. The third-order valence-corrected chi connectivity index (χ3v) is 5.29. The van der Waals surface area contributed by atoms with Crippen LogP contribution >= 0.6 is 27.5 Å². The van der Waals surface area contributed by atoms with Crippen LogP contribution in [0, 0.1) is 0 Å². The van der Waals surface area contributed by atoms with Gasteiger partial charge in [0.15, 0.2) is 5.69 Å². The lowest BCUT2D eigenvalue weighted by molar-refractivity contribution is 0.0740. The third-order valence-electron chi connectivity index (χ3n) is 4.25. The molecule has 1 aromatic carbocycles. The Labute approximate surface area is 155 Å². The van der Waals surface area contributed by atoms with E-state index in [-0.39, 0.29) is 11.8 Å². The molecule has 128 valence electrons. The van der Waals surface area contributed by atoms with E-state index in [0.29, 0.717) is 18.8 Å². The van der Waals surface area contributed by atoms with Crippen molar-refractivity contribution < 1.29 is 4.79 Å². The number of H-pyrrole nitrogens is 1. The van der Waals surface area contributed by atoms with E-state index in [1.54, 1.807) is 0 Å². The number of anilines is 1. The second-order valence-corrected chi connectivity index (χ2v) is 7.44. The van der Waals surface area contributed by atoms with E-state index < -0.39 is 0 Å². The summed E-state index contributed by atoms with van der Waals surface area (Å²) >= 11 is 9.57. The lowest BCUT2D eigenvalue weighted by Crippen LogP contribution is -2.49. The summed E-state index contributed by atoms with van der Waals surface area (Å²) in [5.74, 6) is 0.254. The number of carbonyl (C=O) groups is 1. The first-order chi connectivity index (χ1) is 11.5. The van der Waals surface area contributed by atoms with Gasteiger partial charge in [0, 0.05) is 36.9 Å². The molecule has 1 saturated heterocycles. The Morgan fingerprint density at radius 2 is 2.00 bits per heavy atom. The molecule has 0 atom stereocenters. The molecule has 0 saturated carbocycles. The Kier molecular flexibility index (Phi) is 5.15. The normalized spacial score (nSPS) is 15.2. The number of piperazine rings is 1. The van der Waals surface area contributed by atoms with Crippen molar-refractivity contribution in [1.29, 1.82) is 0 Å². The van der Waals surface area contributed by atoms with Crippen molar-refractivity contribution in [3.63, 3.8) is 0 Å². The van der Waals surface area contributed by atoms with Crippen LogP contribution in [0.1, 0.15) is 35.9 Å². The van der Waals surface area contributed by atoms with Crippen molar-refractivity contribution in [1.82, 2.24) is 15.1 Å². The van der Waals surface area contributed by atoms with Gasteiger partial charge in [-0.15, -0.1) is 0 Å². The predicted octanol–water partition coefficient (Wildman–Crippen LogP) is 3.91. The number of amides is 1. The number of nitrogens with zero attached hydrogens (tertiary/aromatic N) is 3. The fourth-order valence-corrected chi connectivity index (χ4v) is 3.85. The minimum Gasteiger partial charge on any atom is -0.368 e. The van der Waals surface area contributed by atoms with Gasteiger partial charge in [-0.25, -0.2) is 0 Å². The zero-order valence-electron chi connectivity index (χ0n) is 13.7. The summed E-state index contributed by atoms with van der Waals surface area (Å²) in [4.78, 5) is 16.8. The number of hydrogen-bond donors (Lipinski definition) is 1. The number of halogens is 2. The van der Waals surface area contributed by atoms with Crippen molar-refractivity contribution in [2.75, 3.05) is 31.1 Å². The first-order valence-electron chi connectivity index (χ1n) is 8.01. The molecule has 3 rings (SSSR count). The van der Waals surface area contributed by atoms with E-state index in [1.165, 1.54) is 0 Å². The second-order valence-electron chi connectivity index (χ2n) is 6.21. The van der Waals surface area contributed by atoms with Crippen LogP contribution in [0.4, 0.5) is 5.69 Å². The lowest BCUT2D eigenvalue weighted by Gasteiger charge is -2.36. The van der Waals surface area contributed by atoms with E-state index in [9.17, 15) is 4.79 Å². The summed E-state index contributed by atoms with van der Waals surface area (Å²) in [5, 5.41) is 7.90. The van der Waals surface area contributed by atoms with Crippen LogP contribution in [0.2, 0.25) is 5.02 Å². The summed E-state index contributed by atoms with van der Waals surface area (Å²) in [6.45, 7) is 7.03. The number of rotatable bonds is 3. The minimum absolute atomic E-state index is 0.0317. The van der Waals surface area contributed by atoms with Crippen molar-refractivity contribution in [2.45, 2.75) is 19.8 Å². The Balaban J connectivity index is 1.67. The SMILES string of the molecule is CC(C)c1[nH]nc(C(=O)N2CCN(c3cccc(Cl)c3)CC2)c1Br. The first kappa shape index (κ1) is 17.3. The fourth-order valence-electron chi connectivity index (χ4n) is 2.86. The number of nitrogens with one attached hydrogen (secondary N) is 1. The Morgan fingerprint density at radius 3 is 2.58 bits per heavy atom. The van der Waals surface area contributed by atoms with Gasteiger partial charge < -0.3 is 9.80 Å². The molecular weight excluding hydrogens is 392 g/mol. The van der Waals surface area contributed by atoms with Gasteiger partial charge >= 0.3 is 0 Å². The molecule has 7 heteroatoms. The van der Waals surface area contributed by atoms with Crippen LogP contribution in [0.5, 0.6) is 0 Å². The maximum Gasteiger partial charge on any atom is 0.275 e. The predicted molar refractivity (Wildman–Crippen MR) is 99.9 cm³/mol. The van der Waals surface area contributed by atoms with E-state index in [4.69, 9.17) is 11.6 Å². The van der Waals surface area contributed by atoms with Crippen LogP contribution in [-0.2, 0) is 0 Å². The maximum atomic E-state index is 12.7. The zero-order chi connectivity index (χ0) is 17.3. The van der Waals surface area contributed by atoms with E-state index in [2.05, 4.69) is 44.9 Å². The number of aromatic amines is 1. The molecule has 1 aliphatic heterocycles. The van der Waals surface area contributed by atoms with Gasteiger partial charge in [-0.3, -0.25) is 9.89 Å². The largest absolute Gasteiger partial charge is 0.368 e. The van der Waals surface area contributed by atoms with Gasteiger partial charge in [0.2, 0.25) is 0 Å². The average molecular weight is 412 g/mol. The molecule has 2 heterocycles. The number of hydrogen-bond acceptors (Lipinski definition) is 3.